The summed E-state index contributed by atoms with van der Waals surface area (Å²) in [5, 5.41) is 8.68. The molecule has 7 nitrogen and oxygen atoms in total. The average molecular weight is 319 g/mol. The highest BCUT2D eigenvalue weighted by atomic mass is 32.2. The van der Waals surface area contributed by atoms with E-state index in [1.807, 2.05) is 4.72 Å². The van der Waals surface area contributed by atoms with Crippen LogP contribution in [-0.4, -0.2) is 38.1 Å². The van der Waals surface area contributed by atoms with E-state index in [0.717, 1.165) is 19.1 Å². The minimum absolute atomic E-state index is 0.0473. The van der Waals surface area contributed by atoms with E-state index < -0.39 is 38.7 Å². The van der Waals surface area contributed by atoms with Crippen LogP contribution in [0.3, 0.4) is 0 Å². The van der Waals surface area contributed by atoms with Crippen LogP contribution in [0.15, 0.2) is 23.1 Å². The van der Waals surface area contributed by atoms with Crippen molar-refractivity contribution < 1.29 is 32.2 Å². The van der Waals surface area contributed by atoms with Crippen LogP contribution < -0.4 is 4.72 Å². The topological polar surface area (TPSA) is 110 Å². The number of hydrogen-bond acceptors (Lipinski definition) is 5. The molecule has 1 aromatic carbocycles. The number of rotatable bonds is 6. The fourth-order valence-corrected chi connectivity index (χ4v) is 2.65. The van der Waals surface area contributed by atoms with Crippen molar-refractivity contribution in [1.29, 1.82) is 0 Å². The first-order chi connectivity index (χ1) is 9.67. The molecule has 1 atom stereocenters. The highest BCUT2D eigenvalue weighted by molar-refractivity contribution is 7.89. The highest BCUT2D eigenvalue weighted by Gasteiger charge is 2.23. The molecule has 2 N–H and O–H groups in total. The number of esters is 1. The number of sulfonamides is 1. The molecule has 9 heteroatoms. The zero-order valence-electron chi connectivity index (χ0n) is 11.3. The van der Waals surface area contributed by atoms with E-state index in [9.17, 15) is 22.4 Å². The Morgan fingerprint density at radius 2 is 2.00 bits per heavy atom. The number of carboxylic acid groups (broad SMARTS) is 1. The zero-order chi connectivity index (χ0) is 16.2. The molecule has 0 aromatic heterocycles. The van der Waals surface area contributed by atoms with Crippen LogP contribution in [-0.2, 0) is 19.6 Å². The summed E-state index contributed by atoms with van der Waals surface area (Å²) in [6.45, 7) is 2.71. The summed E-state index contributed by atoms with van der Waals surface area (Å²) >= 11 is 0. The monoisotopic (exact) mass is 319 g/mol. The second kappa shape index (κ2) is 6.64. The quantitative estimate of drug-likeness (QED) is 0.749. The lowest BCUT2D eigenvalue weighted by Crippen LogP contribution is -2.38. The van der Waals surface area contributed by atoms with E-state index in [1.54, 1.807) is 6.92 Å². The third-order valence-electron chi connectivity index (χ3n) is 2.40. The summed E-state index contributed by atoms with van der Waals surface area (Å²) in [6, 6.07) is 1.03. The maximum absolute atomic E-state index is 13.4. The van der Waals surface area contributed by atoms with Crippen molar-refractivity contribution in [2.45, 2.75) is 24.8 Å². The van der Waals surface area contributed by atoms with E-state index in [4.69, 9.17) is 5.11 Å². The third kappa shape index (κ3) is 4.50. The number of aliphatic carboxylic acids is 1. The lowest BCUT2D eigenvalue weighted by molar-refractivity contribution is -0.138. The number of benzene rings is 1. The van der Waals surface area contributed by atoms with Crippen LogP contribution in [0.5, 0.6) is 0 Å². The minimum atomic E-state index is -4.28. The summed E-state index contributed by atoms with van der Waals surface area (Å²) in [6.07, 6.45) is 0. The van der Waals surface area contributed by atoms with Gasteiger partial charge in [-0.1, -0.05) is 0 Å². The smallest absolute Gasteiger partial charge is 0.338 e. The highest BCUT2D eigenvalue weighted by Crippen LogP contribution is 2.16. The summed E-state index contributed by atoms with van der Waals surface area (Å²) in [5.41, 5.74) is -0.278. The maximum Gasteiger partial charge on any atom is 0.338 e. The molecule has 0 aliphatic heterocycles. The molecule has 116 valence electrons. The van der Waals surface area contributed by atoms with Crippen molar-refractivity contribution in [1.82, 2.24) is 4.72 Å². The summed E-state index contributed by atoms with van der Waals surface area (Å²) in [7, 11) is -4.28. The minimum Gasteiger partial charge on any atom is -0.480 e. The van der Waals surface area contributed by atoms with E-state index >= 15 is 0 Å². The van der Waals surface area contributed by atoms with Gasteiger partial charge in [-0.2, -0.15) is 4.72 Å². The molecule has 0 spiro atoms. The molecule has 21 heavy (non-hydrogen) atoms. The van der Waals surface area contributed by atoms with Gasteiger partial charge in [-0.25, -0.2) is 17.6 Å². The molecule has 1 rings (SSSR count). The molecule has 0 fully saturated rings. The first-order valence-electron chi connectivity index (χ1n) is 5.90. The fraction of sp³-hybridized carbons (Fsp3) is 0.333. The van der Waals surface area contributed by atoms with E-state index in [0.29, 0.717) is 6.07 Å². The Balaban J connectivity index is 3.18. The van der Waals surface area contributed by atoms with Crippen LogP contribution in [0.4, 0.5) is 4.39 Å². The van der Waals surface area contributed by atoms with Gasteiger partial charge in [-0.05, 0) is 32.0 Å². The van der Waals surface area contributed by atoms with E-state index in [1.165, 1.54) is 0 Å². The SMILES string of the molecule is CCOC(=O)c1cc(F)cc(S(=O)(=O)NC(C)C(=O)O)c1. The van der Waals surface area contributed by atoms with Gasteiger partial charge in [0.2, 0.25) is 10.0 Å². The number of ether oxygens (including phenoxy) is 1. The van der Waals surface area contributed by atoms with Crippen LogP contribution in [0.25, 0.3) is 0 Å². The van der Waals surface area contributed by atoms with Crippen LogP contribution in [0.2, 0.25) is 0 Å². The number of carboxylic acids is 1. The Morgan fingerprint density at radius 1 is 1.38 bits per heavy atom. The number of nitrogens with one attached hydrogen (secondary N) is 1. The molecule has 0 aliphatic carbocycles. The summed E-state index contributed by atoms with van der Waals surface area (Å²) in [5.74, 6) is -3.22. The van der Waals surface area contributed by atoms with E-state index in [-0.39, 0.29) is 12.2 Å². The van der Waals surface area contributed by atoms with Gasteiger partial charge in [0.25, 0.3) is 0 Å². The molecule has 0 aliphatic rings. The molecule has 0 heterocycles. The predicted molar refractivity (Wildman–Crippen MR) is 69.8 cm³/mol. The Kier molecular flexibility index (Phi) is 5.39. The standard InChI is InChI=1S/C12H14FNO6S/c1-3-20-12(17)8-4-9(13)6-10(5-8)21(18,19)14-7(2)11(15)16/h4-7,14H,3H2,1-2H3,(H,15,16). The molecule has 0 saturated heterocycles. The number of carbonyl (C=O) groups is 2. The van der Waals surface area contributed by atoms with Gasteiger partial charge in [-0.15, -0.1) is 0 Å². The first kappa shape index (κ1) is 17.1. The average Bonchev–Trinajstić information content (AvgIpc) is 2.37. The Hall–Kier alpha value is -2.00. The van der Waals surface area contributed by atoms with Crippen LogP contribution >= 0.6 is 0 Å². The van der Waals surface area contributed by atoms with Gasteiger partial charge in [0.1, 0.15) is 11.9 Å². The Bertz CT molecular complexity index is 658. The van der Waals surface area contributed by atoms with Crippen molar-refractivity contribution in [3.8, 4) is 0 Å². The van der Waals surface area contributed by atoms with Gasteiger partial charge in [0.05, 0.1) is 17.1 Å². The predicted octanol–water partition coefficient (Wildman–Crippen LogP) is 0.754. The number of carbonyl (C=O) groups excluding carboxylic acids is 1. The maximum atomic E-state index is 13.4. The van der Waals surface area contributed by atoms with Gasteiger partial charge in [0.15, 0.2) is 0 Å². The van der Waals surface area contributed by atoms with Gasteiger partial charge < -0.3 is 9.84 Å². The Morgan fingerprint density at radius 3 is 2.52 bits per heavy atom. The van der Waals surface area contributed by atoms with Crippen molar-refractivity contribution >= 4 is 22.0 Å². The number of halogens is 1. The molecule has 0 saturated carbocycles. The van der Waals surface area contributed by atoms with Crippen molar-refractivity contribution in [2.24, 2.45) is 0 Å². The summed E-state index contributed by atoms with van der Waals surface area (Å²) < 4.78 is 43.8. The number of hydrogen-bond donors (Lipinski definition) is 2. The zero-order valence-corrected chi connectivity index (χ0v) is 12.1. The van der Waals surface area contributed by atoms with Crippen molar-refractivity contribution in [3.63, 3.8) is 0 Å². The second-order valence-corrected chi connectivity index (χ2v) is 5.79. The Labute approximate surface area is 120 Å². The molecule has 1 unspecified atom stereocenters. The van der Waals surface area contributed by atoms with Crippen molar-refractivity contribution in [3.05, 3.63) is 29.6 Å². The molecule has 0 amide bonds. The summed E-state index contributed by atoms with van der Waals surface area (Å²) in [4.78, 5) is 21.6. The largest absolute Gasteiger partial charge is 0.480 e. The lowest BCUT2D eigenvalue weighted by atomic mass is 10.2. The second-order valence-electron chi connectivity index (χ2n) is 4.08. The van der Waals surface area contributed by atoms with Crippen molar-refractivity contribution in [2.75, 3.05) is 6.61 Å². The normalized spacial score (nSPS) is 12.7. The first-order valence-corrected chi connectivity index (χ1v) is 7.38. The molecular formula is C12H14FNO6S. The van der Waals surface area contributed by atoms with E-state index in [2.05, 4.69) is 4.74 Å². The van der Waals surface area contributed by atoms with Gasteiger partial charge >= 0.3 is 11.9 Å². The molecule has 0 radical (unpaired) electrons. The fourth-order valence-electron chi connectivity index (χ4n) is 1.40. The molecule has 1 aromatic rings. The third-order valence-corrected chi connectivity index (χ3v) is 3.92. The van der Waals surface area contributed by atoms with Crippen LogP contribution in [0.1, 0.15) is 24.2 Å². The van der Waals surface area contributed by atoms with Gasteiger partial charge in [0, 0.05) is 0 Å². The van der Waals surface area contributed by atoms with Crippen LogP contribution in [0, 0.1) is 5.82 Å². The molecular weight excluding hydrogens is 305 g/mol. The van der Waals surface area contributed by atoms with Gasteiger partial charge in [-0.3, -0.25) is 4.79 Å². The molecule has 0 bridgehead atoms. The lowest BCUT2D eigenvalue weighted by Gasteiger charge is -2.11.